The molecule has 6 heteroatoms. The van der Waals surface area contributed by atoms with Gasteiger partial charge in [0.05, 0.1) is 11.5 Å². The molecule has 0 amide bonds. The van der Waals surface area contributed by atoms with E-state index in [2.05, 4.69) is 15.9 Å². The van der Waals surface area contributed by atoms with Crippen LogP contribution in [-0.4, -0.2) is 31.5 Å². The van der Waals surface area contributed by atoms with E-state index in [-0.39, 0.29) is 10.5 Å². The van der Waals surface area contributed by atoms with Crippen molar-refractivity contribution >= 4 is 25.8 Å². The van der Waals surface area contributed by atoms with Crippen LogP contribution in [-0.2, 0) is 15.4 Å². The van der Waals surface area contributed by atoms with E-state index < -0.39 is 22.0 Å². The molecule has 0 aliphatic heterocycles. The molecule has 0 saturated heterocycles. The molecular weight excluding hydrogens is 296 g/mol. The molecule has 0 aromatic heterocycles. The SMILES string of the molecule is CC(O)(CO)c1cc(Br)ccc1S(C)(=O)=O. The maximum Gasteiger partial charge on any atom is 0.175 e. The molecular formula is C10H13BrO4S. The Morgan fingerprint density at radius 2 is 2.00 bits per heavy atom. The number of hydrogen-bond donors (Lipinski definition) is 2. The van der Waals surface area contributed by atoms with E-state index in [9.17, 15) is 13.5 Å². The predicted molar refractivity (Wildman–Crippen MR) is 63.9 cm³/mol. The minimum atomic E-state index is -3.44. The Morgan fingerprint density at radius 1 is 1.44 bits per heavy atom. The van der Waals surface area contributed by atoms with Crippen molar-refractivity contribution in [2.75, 3.05) is 12.9 Å². The zero-order chi connectivity index (χ0) is 12.6. The van der Waals surface area contributed by atoms with Crippen LogP contribution in [0, 0.1) is 0 Å². The lowest BCUT2D eigenvalue weighted by atomic mass is 9.97. The molecule has 1 rings (SSSR count). The molecule has 16 heavy (non-hydrogen) atoms. The smallest absolute Gasteiger partial charge is 0.175 e. The zero-order valence-electron chi connectivity index (χ0n) is 8.94. The molecule has 0 bridgehead atoms. The number of halogens is 1. The summed E-state index contributed by atoms with van der Waals surface area (Å²) >= 11 is 3.20. The van der Waals surface area contributed by atoms with E-state index in [1.54, 1.807) is 6.07 Å². The molecule has 0 saturated carbocycles. The second-order valence-corrected chi connectivity index (χ2v) is 6.74. The summed E-state index contributed by atoms with van der Waals surface area (Å²) in [5.41, 5.74) is -1.39. The number of hydrogen-bond acceptors (Lipinski definition) is 4. The van der Waals surface area contributed by atoms with Gasteiger partial charge in [0.1, 0.15) is 5.60 Å². The Kier molecular flexibility index (Phi) is 3.79. The Balaban J connectivity index is 3.54. The third kappa shape index (κ3) is 2.82. The van der Waals surface area contributed by atoms with Gasteiger partial charge in [-0.1, -0.05) is 15.9 Å². The molecule has 0 aliphatic rings. The van der Waals surface area contributed by atoms with Gasteiger partial charge in [-0.05, 0) is 25.1 Å². The number of rotatable bonds is 3. The van der Waals surface area contributed by atoms with Gasteiger partial charge in [-0.3, -0.25) is 0 Å². The minimum absolute atomic E-state index is 0.0229. The largest absolute Gasteiger partial charge is 0.393 e. The Morgan fingerprint density at radius 3 is 2.44 bits per heavy atom. The number of benzene rings is 1. The van der Waals surface area contributed by atoms with Crippen molar-refractivity contribution in [3.8, 4) is 0 Å². The highest BCUT2D eigenvalue weighted by atomic mass is 79.9. The molecule has 0 fully saturated rings. The lowest BCUT2D eigenvalue weighted by molar-refractivity contribution is -0.00460. The van der Waals surface area contributed by atoms with Gasteiger partial charge in [0.25, 0.3) is 0 Å². The molecule has 1 atom stereocenters. The van der Waals surface area contributed by atoms with E-state index in [0.717, 1.165) is 6.26 Å². The fourth-order valence-electron chi connectivity index (χ4n) is 1.33. The monoisotopic (exact) mass is 308 g/mol. The summed E-state index contributed by atoms with van der Waals surface area (Å²) < 4.78 is 23.7. The Bertz CT molecular complexity index is 494. The molecule has 2 N–H and O–H groups in total. The van der Waals surface area contributed by atoms with E-state index in [0.29, 0.717) is 4.47 Å². The maximum atomic E-state index is 11.5. The first kappa shape index (κ1) is 13.6. The zero-order valence-corrected chi connectivity index (χ0v) is 11.3. The van der Waals surface area contributed by atoms with Gasteiger partial charge in [-0.2, -0.15) is 0 Å². The van der Waals surface area contributed by atoms with Gasteiger partial charge in [0.2, 0.25) is 0 Å². The van der Waals surface area contributed by atoms with E-state index in [1.807, 2.05) is 0 Å². The molecule has 4 nitrogen and oxygen atoms in total. The van der Waals surface area contributed by atoms with Crippen molar-refractivity contribution in [2.45, 2.75) is 17.4 Å². The van der Waals surface area contributed by atoms with Gasteiger partial charge in [-0.15, -0.1) is 0 Å². The summed E-state index contributed by atoms with van der Waals surface area (Å²) in [6.45, 7) is 0.815. The minimum Gasteiger partial charge on any atom is -0.393 e. The molecule has 0 radical (unpaired) electrons. The van der Waals surface area contributed by atoms with Crippen LogP contribution < -0.4 is 0 Å². The van der Waals surface area contributed by atoms with Crippen LogP contribution in [0.4, 0.5) is 0 Å². The van der Waals surface area contributed by atoms with E-state index in [4.69, 9.17) is 5.11 Å². The van der Waals surface area contributed by atoms with Crippen molar-refractivity contribution in [2.24, 2.45) is 0 Å². The first-order chi connectivity index (χ1) is 7.18. The highest BCUT2D eigenvalue weighted by Crippen LogP contribution is 2.29. The topological polar surface area (TPSA) is 74.6 Å². The van der Waals surface area contributed by atoms with Crippen LogP contribution >= 0.6 is 15.9 Å². The second kappa shape index (κ2) is 4.44. The second-order valence-electron chi connectivity index (χ2n) is 3.84. The molecule has 0 aliphatic carbocycles. The highest BCUT2D eigenvalue weighted by Gasteiger charge is 2.28. The molecule has 1 unspecified atom stereocenters. The molecule has 90 valence electrons. The molecule has 0 heterocycles. The van der Waals surface area contributed by atoms with Gasteiger partial charge in [0, 0.05) is 16.3 Å². The van der Waals surface area contributed by atoms with E-state index in [1.165, 1.54) is 19.1 Å². The summed E-state index contributed by atoms with van der Waals surface area (Å²) in [5, 5.41) is 19.0. The fourth-order valence-corrected chi connectivity index (χ4v) is 2.69. The average molecular weight is 309 g/mol. The third-order valence-electron chi connectivity index (χ3n) is 2.23. The quantitative estimate of drug-likeness (QED) is 0.875. The lowest BCUT2D eigenvalue weighted by Gasteiger charge is -2.23. The van der Waals surface area contributed by atoms with Crippen LogP contribution in [0.1, 0.15) is 12.5 Å². The normalized spacial score (nSPS) is 15.8. The molecule has 1 aromatic carbocycles. The van der Waals surface area contributed by atoms with Crippen molar-refractivity contribution in [1.29, 1.82) is 0 Å². The summed E-state index contributed by atoms with van der Waals surface area (Å²) in [6.07, 6.45) is 1.06. The van der Waals surface area contributed by atoms with Gasteiger partial charge in [0.15, 0.2) is 9.84 Å². The summed E-state index contributed by atoms with van der Waals surface area (Å²) in [5.74, 6) is 0. The number of aliphatic hydroxyl groups is 2. The summed E-state index contributed by atoms with van der Waals surface area (Å²) in [4.78, 5) is 0.0229. The van der Waals surface area contributed by atoms with Crippen molar-refractivity contribution in [3.63, 3.8) is 0 Å². The van der Waals surface area contributed by atoms with Crippen LogP contribution in [0.15, 0.2) is 27.6 Å². The number of aliphatic hydroxyl groups excluding tert-OH is 1. The highest BCUT2D eigenvalue weighted by molar-refractivity contribution is 9.10. The first-order valence-corrected chi connectivity index (χ1v) is 7.20. The third-order valence-corrected chi connectivity index (χ3v) is 3.88. The van der Waals surface area contributed by atoms with Gasteiger partial charge in [-0.25, -0.2) is 8.42 Å². The fraction of sp³-hybridized carbons (Fsp3) is 0.400. The van der Waals surface area contributed by atoms with E-state index >= 15 is 0 Å². The summed E-state index contributed by atoms with van der Waals surface area (Å²) in [6, 6.07) is 4.47. The standard InChI is InChI=1S/C10H13BrO4S/c1-10(13,6-12)8-5-7(11)3-4-9(8)16(2,14)15/h3-5,12-13H,6H2,1-2H3. The van der Waals surface area contributed by atoms with Crippen LogP contribution in [0.25, 0.3) is 0 Å². The van der Waals surface area contributed by atoms with Gasteiger partial charge < -0.3 is 10.2 Å². The molecule has 0 spiro atoms. The summed E-state index contributed by atoms with van der Waals surface area (Å²) in [7, 11) is -3.44. The van der Waals surface area contributed by atoms with Crippen LogP contribution in [0.3, 0.4) is 0 Å². The average Bonchev–Trinajstić information content (AvgIpc) is 2.15. The number of sulfone groups is 1. The lowest BCUT2D eigenvalue weighted by Crippen LogP contribution is -2.28. The van der Waals surface area contributed by atoms with Crippen LogP contribution in [0.2, 0.25) is 0 Å². The first-order valence-electron chi connectivity index (χ1n) is 4.52. The van der Waals surface area contributed by atoms with Gasteiger partial charge >= 0.3 is 0 Å². The molecule has 1 aromatic rings. The van der Waals surface area contributed by atoms with Crippen molar-refractivity contribution < 1.29 is 18.6 Å². The predicted octanol–water partition coefficient (Wildman–Crippen LogP) is 1.05. The van der Waals surface area contributed by atoms with Crippen molar-refractivity contribution in [1.82, 2.24) is 0 Å². The van der Waals surface area contributed by atoms with Crippen LogP contribution in [0.5, 0.6) is 0 Å². The van der Waals surface area contributed by atoms with Crippen molar-refractivity contribution in [3.05, 3.63) is 28.2 Å². The Labute approximate surface area is 103 Å². The Hall–Kier alpha value is -0.430. The maximum absolute atomic E-state index is 11.5.